The third kappa shape index (κ3) is 4.46. The van der Waals surface area contributed by atoms with Crippen LogP contribution in [-0.2, 0) is 9.53 Å². The van der Waals surface area contributed by atoms with E-state index < -0.39 is 6.04 Å². The SMILES string of the molecule is CCCCOC(=O)C1CNCCN1C(=O)Nc1[c]cccc1. The lowest BCUT2D eigenvalue weighted by atomic mass is 10.2. The van der Waals surface area contributed by atoms with Gasteiger partial charge in [-0.05, 0) is 12.5 Å². The van der Waals surface area contributed by atoms with Crippen molar-refractivity contribution in [3.63, 3.8) is 0 Å². The number of ether oxygens (including phenoxy) is 1. The summed E-state index contributed by atoms with van der Waals surface area (Å²) in [5, 5.41) is 5.88. The Hall–Kier alpha value is -2.08. The number of benzene rings is 1. The molecule has 6 heteroatoms. The molecule has 2 amide bonds. The van der Waals surface area contributed by atoms with Crippen LogP contribution in [0.5, 0.6) is 0 Å². The second-order valence-corrected chi connectivity index (χ2v) is 5.14. The summed E-state index contributed by atoms with van der Waals surface area (Å²) in [5.74, 6) is -0.354. The first-order chi connectivity index (χ1) is 10.7. The average Bonchev–Trinajstić information content (AvgIpc) is 2.56. The number of urea groups is 1. The minimum atomic E-state index is -0.589. The summed E-state index contributed by atoms with van der Waals surface area (Å²) in [6.07, 6.45) is 1.79. The first-order valence-corrected chi connectivity index (χ1v) is 7.64. The molecule has 1 radical (unpaired) electrons. The number of carbonyl (C=O) groups excluding carboxylic acids is 2. The molecule has 22 heavy (non-hydrogen) atoms. The molecule has 1 aliphatic rings. The molecule has 1 aromatic rings. The first kappa shape index (κ1) is 16.3. The highest BCUT2D eigenvalue weighted by molar-refractivity contribution is 5.92. The molecule has 1 aliphatic heterocycles. The molecule has 1 heterocycles. The Labute approximate surface area is 130 Å². The Morgan fingerprint density at radius 1 is 1.50 bits per heavy atom. The van der Waals surface area contributed by atoms with Crippen molar-refractivity contribution < 1.29 is 14.3 Å². The minimum Gasteiger partial charge on any atom is -0.464 e. The van der Waals surface area contributed by atoms with Crippen molar-refractivity contribution in [1.82, 2.24) is 10.2 Å². The molecule has 119 valence electrons. The van der Waals surface area contributed by atoms with Crippen LogP contribution in [-0.4, -0.2) is 49.2 Å². The van der Waals surface area contributed by atoms with Crippen LogP contribution in [0.25, 0.3) is 0 Å². The van der Waals surface area contributed by atoms with E-state index in [4.69, 9.17) is 4.74 Å². The molecule has 1 fully saturated rings. The number of para-hydroxylation sites is 1. The molecule has 0 spiro atoms. The predicted molar refractivity (Wildman–Crippen MR) is 83.5 cm³/mol. The molecule has 0 aliphatic carbocycles. The summed E-state index contributed by atoms with van der Waals surface area (Å²) >= 11 is 0. The number of piperazine rings is 1. The number of carbonyl (C=O) groups is 2. The standard InChI is InChI=1S/C16H22N3O3/c1-2-3-11-22-15(20)14-12-17-9-10-19(14)16(21)18-13-7-5-4-6-8-13/h4-7,14,17H,2-3,9-12H2,1H3,(H,18,21). The van der Waals surface area contributed by atoms with Crippen LogP contribution >= 0.6 is 0 Å². The van der Waals surface area contributed by atoms with Gasteiger partial charge in [0.15, 0.2) is 0 Å². The highest BCUT2D eigenvalue weighted by Gasteiger charge is 2.33. The van der Waals surface area contributed by atoms with E-state index in [0.717, 1.165) is 12.8 Å². The van der Waals surface area contributed by atoms with Crippen molar-refractivity contribution in [2.45, 2.75) is 25.8 Å². The number of hydrogen-bond acceptors (Lipinski definition) is 4. The van der Waals surface area contributed by atoms with Crippen molar-refractivity contribution in [2.75, 3.05) is 31.6 Å². The van der Waals surface area contributed by atoms with Gasteiger partial charge in [-0.15, -0.1) is 0 Å². The Balaban J connectivity index is 1.96. The Bertz CT molecular complexity index is 493. The summed E-state index contributed by atoms with van der Waals surface area (Å²) in [6.45, 7) is 3.97. The lowest BCUT2D eigenvalue weighted by Crippen LogP contribution is -2.58. The fourth-order valence-electron chi connectivity index (χ4n) is 2.23. The van der Waals surface area contributed by atoms with Gasteiger partial charge in [-0.25, -0.2) is 9.59 Å². The third-order valence-corrected chi connectivity index (χ3v) is 3.47. The number of anilines is 1. The minimum absolute atomic E-state index is 0.304. The van der Waals surface area contributed by atoms with Crippen LogP contribution in [0.2, 0.25) is 0 Å². The smallest absolute Gasteiger partial charge is 0.330 e. The van der Waals surface area contributed by atoms with Crippen LogP contribution in [0.15, 0.2) is 24.3 Å². The van der Waals surface area contributed by atoms with E-state index in [-0.39, 0.29) is 12.0 Å². The summed E-state index contributed by atoms with van der Waals surface area (Å²) in [6, 6.07) is 9.17. The molecule has 0 aromatic heterocycles. The van der Waals surface area contributed by atoms with E-state index in [1.165, 1.54) is 4.90 Å². The molecule has 0 bridgehead atoms. The summed E-state index contributed by atoms with van der Waals surface area (Å²) < 4.78 is 5.24. The summed E-state index contributed by atoms with van der Waals surface area (Å²) in [5.41, 5.74) is 0.587. The lowest BCUT2D eigenvalue weighted by Gasteiger charge is -2.34. The van der Waals surface area contributed by atoms with Gasteiger partial charge >= 0.3 is 12.0 Å². The zero-order chi connectivity index (χ0) is 15.8. The quantitative estimate of drug-likeness (QED) is 0.641. The van der Waals surface area contributed by atoms with E-state index >= 15 is 0 Å². The van der Waals surface area contributed by atoms with Gasteiger partial charge in [0.05, 0.1) is 12.3 Å². The second kappa shape index (κ2) is 8.38. The van der Waals surface area contributed by atoms with Crippen LogP contribution in [0, 0.1) is 6.07 Å². The largest absolute Gasteiger partial charge is 0.464 e. The van der Waals surface area contributed by atoms with Gasteiger partial charge in [0.1, 0.15) is 6.04 Å². The van der Waals surface area contributed by atoms with Gasteiger partial charge in [-0.1, -0.05) is 31.5 Å². The average molecular weight is 304 g/mol. The van der Waals surface area contributed by atoms with E-state index in [1.54, 1.807) is 12.1 Å². The number of nitrogens with one attached hydrogen (secondary N) is 2. The number of nitrogens with zero attached hydrogens (tertiary/aromatic N) is 1. The summed E-state index contributed by atoms with van der Waals surface area (Å²) in [7, 11) is 0. The van der Waals surface area contributed by atoms with Gasteiger partial charge < -0.3 is 20.3 Å². The predicted octanol–water partition coefficient (Wildman–Crippen LogP) is 1.64. The van der Waals surface area contributed by atoms with Gasteiger partial charge in [0.25, 0.3) is 0 Å². The Kier molecular flexibility index (Phi) is 6.21. The molecule has 1 atom stereocenters. The van der Waals surface area contributed by atoms with Gasteiger partial charge in [-0.2, -0.15) is 0 Å². The molecular weight excluding hydrogens is 282 g/mol. The fourth-order valence-corrected chi connectivity index (χ4v) is 2.23. The van der Waals surface area contributed by atoms with Gasteiger partial charge in [0.2, 0.25) is 0 Å². The molecule has 0 saturated carbocycles. The number of hydrogen-bond donors (Lipinski definition) is 2. The fraction of sp³-hybridized carbons (Fsp3) is 0.500. The highest BCUT2D eigenvalue weighted by Crippen LogP contribution is 2.11. The number of rotatable bonds is 5. The molecule has 2 N–H and O–H groups in total. The van der Waals surface area contributed by atoms with Crippen LogP contribution in [0.1, 0.15) is 19.8 Å². The normalized spacial score (nSPS) is 17.9. The van der Waals surface area contributed by atoms with Crippen LogP contribution in [0.3, 0.4) is 0 Å². The van der Waals surface area contributed by atoms with E-state index in [9.17, 15) is 9.59 Å². The number of esters is 1. The van der Waals surface area contributed by atoms with Gasteiger partial charge in [0, 0.05) is 25.7 Å². The topological polar surface area (TPSA) is 70.7 Å². The lowest BCUT2D eigenvalue weighted by molar-refractivity contribution is -0.149. The van der Waals surface area contributed by atoms with Gasteiger partial charge in [-0.3, -0.25) is 0 Å². The second-order valence-electron chi connectivity index (χ2n) is 5.14. The van der Waals surface area contributed by atoms with E-state index in [0.29, 0.717) is 31.9 Å². The Morgan fingerprint density at radius 2 is 2.36 bits per heavy atom. The molecule has 1 unspecified atom stereocenters. The molecular formula is C16H22N3O3. The molecule has 1 aromatic carbocycles. The van der Waals surface area contributed by atoms with Crippen molar-refractivity contribution >= 4 is 17.7 Å². The van der Waals surface area contributed by atoms with E-state index in [1.807, 2.05) is 19.1 Å². The van der Waals surface area contributed by atoms with Crippen molar-refractivity contribution in [3.8, 4) is 0 Å². The zero-order valence-corrected chi connectivity index (χ0v) is 12.8. The van der Waals surface area contributed by atoms with Crippen molar-refractivity contribution in [2.24, 2.45) is 0 Å². The van der Waals surface area contributed by atoms with Crippen molar-refractivity contribution in [3.05, 3.63) is 30.3 Å². The molecule has 2 rings (SSSR count). The third-order valence-electron chi connectivity index (χ3n) is 3.47. The molecule has 1 saturated heterocycles. The monoisotopic (exact) mass is 304 g/mol. The summed E-state index contributed by atoms with van der Waals surface area (Å²) in [4.78, 5) is 26.0. The maximum atomic E-state index is 12.4. The number of amides is 2. The first-order valence-electron chi connectivity index (χ1n) is 7.64. The maximum Gasteiger partial charge on any atom is 0.330 e. The van der Waals surface area contributed by atoms with Crippen LogP contribution < -0.4 is 10.6 Å². The maximum absolute atomic E-state index is 12.4. The van der Waals surface area contributed by atoms with E-state index in [2.05, 4.69) is 16.7 Å². The van der Waals surface area contributed by atoms with Crippen molar-refractivity contribution in [1.29, 1.82) is 0 Å². The number of unbranched alkanes of at least 4 members (excludes halogenated alkanes) is 1. The highest BCUT2D eigenvalue weighted by atomic mass is 16.5. The molecule has 6 nitrogen and oxygen atoms in total. The van der Waals surface area contributed by atoms with Crippen LogP contribution in [0.4, 0.5) is 10.5 Å². The Morgan fingerprint density at radius 3 is 3.09 bits per heavy atom. The zero-order valence-electron chi connectivity index (χ0n) is 12.8.